The van der Waals surface area contributed by atoms with Crippen molar-refractivity contribution < 1.29 is 22.3 Å². The number of halogens is 1. The number of piperazine rings is 1. The number of sulfonamides is 1. The van der Waals surface area contributed by atoms with Crippen molar-refractivity contribution in [2.24, 2.45) is 0 Å². The average Bonchev–Trinajstić information content (AvgIpc) is 3.12. The summed E-state index contributed by atoms with van der Waals surface area (Å²) in [5.74, 6) is 1.05. The minimum absolute atomic E-state index is 0.102. The summed E-state index contributed by atoms with van der Waals surface area (Å²) < 4.78 is 50.5. The Morgan fingerprint density at radius 2 is 1.56 bits per heavy atom. The van der Waals surface area contributed by atoms with E-state index < -0.39 is 10.0 Å². The summed E-state index contributed by atoms with van der Waals surface area (Å²) in [6.07, 6.45) is 0. The molecule has 2 aromatic carbocycles. The van der Waals surface area contributed by atoms with Crippen molar-refractivity contribution in [3.8, 4) is 11.5 Å². The standard InChI is InChI=1S/C19H21FN2O4S/c20-17-4-1-15(2-5-17)13-27(23,24)22-9-7-21(8-10-22)12-16-3-6-18-19(11-16)26-14-25-18/h1-6,11H,7-10,12-14H2. The molecule has 0 unspecified atom stereocenters. The van der Waals surface area contributed by atoms with Crippen molar-refractivity contribution in [3.63, 3.8) is 0 Å². The zero-order chi connectivity index (χ0) is 18.9. The number of nitrogens with zero attached hydrogens (tertiary/aromatic N) is 2. The SMILES string of the molecule is O=S(=O)(Cc1ccc(F)cc1)N1CCN(Cc2ccc3c(c2)OCO3)CC1. The highest BCUT2D eigenvalue weighted by Gasteiger charge is 2.27. The normalized spacial score (nSPS) is 18.0. The van der Waals surface area contributed by atoms with Crippen molar-refractivity contribution in [1.82, 2.24) is 9.21 Å². The molecule has 4 rings (SSSR count). The Balaban J connectivity index is 1.33. The van der Waals surface area contributed by atoms with Crippen LogP contribution in [0.4, 0.5) is 4.39 Å². The predicted molar refractivity (Wildman–Crippen MR) is 98.4 cm³/mol. The van der Waals surface area contributed by atoms with Gasteiger partial charge in [0.15, 0.2) is 11.5 Å². The number of rotatable bonds is 5. The lowest BCUT2D eigenvalue weighted by Crippen LogP contribution is -2.48. The molecule has 0 N–H and O–H groups in total. The Hall–Kier alpha value is -2.16. The molecule has 27 heavy (non-hydrogen) atoms. The Kier molecular flexibility index (Phi) is 5.03. The van der Waals surface area contributed by atoms with Crippen LogP contribution in [0.25, 0.3) is 0 Å². The largest absolute Gasteiger partial charge is 0.454 e. The molecule has 6 nitrogen and oxygen atoms in total. The van der Waals surface area contributed by atoms with Crippen LogP contribution in [-0.2, 0) is 22.3 Å². The van der Waals surface area contributed by atoms with Crippen molar-refractivity contribution >= 4 is 10.0 Å². The molecule has 0 amide bonds. The molecular formula is C19H21FN2O4S. The van der Waals surface area contributed by atoms with Crippen LogP contribution in [0.3, 0.4) is 0 Å². The van der Waals surface area contributed by atoms with Gasteiger partial charge in [0.1, 0.15) is 5.82 Å². The maximum absolute atomic E-state index is 13.0. The second kappa shape index (κ2) is 7.46. The fourth-order valence-electron chi connectivity index (χ4n) is 3.35. The molecule has 0 saturated carbocycles. The fourth-order valence-corrected chi connectivity index (χ4v) is 4.86. The number of ether oxygens (including phenoxy) is 2. The maximum atomic E-state index is 13.0. The lowest BCUT2D eigenvalue weighted by Gasteiger charge is -2.34. The third kappa shape index (κ3) is 4.23. The molecule has 0 atom stereocenters. The first-order chi connectivity index (χ1) is 13.0. The number of benzene rings is 2. The van der Waals surface area contributed by atoms with Crippen LogP contribution >= 0.6 is 0 Å². The molecule has 0 spiro atoms. The van der Waals surface area contributed by atoms with Gasteiger partial charge in [-0.2, -0.15) is 4.31 Å². The molecule has 0 aromatic heterocycles. The van der Waals surface area contributed by atoms with Gasteiger partial charge in [-0.05, 0) is 35.4 Å². The van der Waals surface area contributed by atoms with E-state index in [1.54, 1.807) is 0 Å². The minimum atomic E-state index is -3.41. The van der Waals surface area contributed by atoms with E-state index in [9.17, 15) is 12.8 Å². The zero-order valence-corrected chi connectivity index (χ0v) is 15.6. The van der Waals surface area contributed by atoms with Gasteiger partial charge in [0, 0.05) is 32.7 Å². The molecule has 0 bridgehead atoms. The quantitative estimate of drug-likeness (QED) is 0.781. The summed E-state index contributed by atoms with van der Waals surface area (Å²) in [5.41, 5.74) is 1.71. The zero-order valence-electron chi connectivity index (χ0n) is 14.8. The third-order valence-corrected chi connectivity index (χ3v) is 6.68. The topological polar surface area (TPSA) is 59.1 Å². The van der Waals surface area contributed by atoms with E-state index in [-0.39, 0.29) is 18.4 Å². The van der Waals surface area contributed by atoms with E-state index in [1.807, 2.05) is 18.2 Å². The van der Waals surface area contributed by atoms with Gasteiger partial charge in [-0.25, -0.2) is 12.8 Å². The Labute approximate surface area is 158 Å². The summed E-state index contributed by atoms with van der Waals surface area (Å²) in [7, 11) is -3.41. The molecule has 0 radical (unpaired) electrons. The Bertz CT molecular complexity index is 910. The van der Waals surface area contributed by atoms with Crippen molar-refractivity contribution in [2.45, 2.75) is 12.3 Å². The third-order valence-electron chi connectivity index (χ3n) is 4.83. The van der Waals surface area contributed by atoms with E-state index in [4.69, 9.17) is 9.47 Å². The summed E-state index contributed by atoms with van der Waals surface area (Å²) in [5, 5.41) is 0. The molecular weight excluding hydrogens is 371 g/mol. The van der Waals surface area contributed by atoms with Gasteiger partial charge in [0.2, 0.25) is 16.8 Å². The summed E-state index contributed by atoms with van der Waals surface area (Å²) >= 11 is 0. The lowest BCUT2D eigenvalue weighted by molar-refractivity contribution is 0.173. The molecule has 2 heterocycles. The Morgan fingerprint density at radius 3 is 2.30 bits per heavy atom. The number of hydrogen-bond donors (Lipinski definition) is 0. The molecule has 1 saturated heterocycles. The molecule has 0 aliphatic carbocycles. The number of fused-ring (bicyclic) bond motifs is 1. The molecule has 8 heteroatoms. The van der Waals surface area contributed by atoms with Gasteiger partial charge in [-0.3, -0.25) is 4.90 Å². The van der Waals surface area contributed by atoms with Gasteiger partial charge < -0.3 is 9.47 Å². The number of hydrogen-bond acceptors (Lipinski definition) is 5. The van der Waals surface area contributed by atoms with Crippen LogP contribution in [0.15, 0.2) is 42.5 Å². The van der Waals surface area contributed by atoms with E-state index in [2.05, 4.69) is 4.90 Å². The van der Waals surface area contributed by atoms with Crippen molar-refractivity contribution in [3.05, 3.63) is 59.4 Å². The molecule has 2 aliphatic rings. The highest BCUT2D eigenvalue weighted by atomic mass is 32.2. The van der Waals surface area contributed by atoms with Crippen molar-refractivity contribution in [2.75, 3.05) is 33.0 Å². The molecule has 2 aromatic rings. The first-order valence-corrected chi connectivity index (χ1v) is 10.4. The lowest BCUT2D eigenvalue weighted by atomic mass is 10.2. The summed E-state index contributed by atoms with van der Waals surface area (Å²) in [6, 6.07) is 11.5. The van der Waals surface area contributed by atoms with Crippen LogP contribution in [0.5, 0.6) is 11.5 Å². The van der Waals surface area contributed by atoms with E-state index in [1.165, 1.54) is 28.6 Å². The molecule has 1 fully saturated rings. The highest BCUT2D eigenvalue weighted by molar-refractivity contribution is 7.88. The monoisotopic (exact) mass is 392 g/mol. The summed E-state index contributed by atoms with van der Waals surface area (Å²) in [4.78, 5) is 2.22. The van der Waals surface area contributed by atoms with Gasteiger partial charge in [-0.1, -0.05) is 18.2 Å². The average molecular weight is 392 g/mol. The Morgan fingerprint density at radius 1 is 0.889 bits per heavy atom. The van der Waals surface area contributed by atoms with Crippen LogP contribution in [0, 0.1) is 5.82 Å². The van der Waals surface area contributed by atoms with Gasteiger partial charge in [0.05, 0.1) is 5.75 Å². The van der Waals surface area contributed by atoms with E-state index in [0.29, 0.717) is 31.7 Å². The van der Waals surface area contributed by atoms with Crippen molar-refractivity contribution in [1.29, 1.82) is 0 Å². The highest BCUT2D eigenvalue weighted by Crippen LogP contribution is 2.32. The van der Waals surface area contributed by atoms with Gasteiger partial charge >= 0.3 is 0 Å². The van der Waals surface area contributed by atoms with Gasteiger partial charge in [-0.15, -0.1) is 0 Å². The van der Waals surface area contributed by atoms with Gasteiger partial charge in [0.25, 0.3) is 0 Å². The smallest absolute Gasteiger partial charge is 0.231 e. The van der Waals surface area contributed by atoms with Crippen LogP contribution in [-0.4, -0.2) is 50.6 Å². The van der Waals surface area contributed by atoms with Crippen LogP contribution in [0.2, 0.25) is 0 Å². The molecule has 144 valence electrons. The first kappa shape index (κ1) is 18.2. The van der Waals surface area contributed by atoms with E-state index in [0.717, 1.165) is 23.6 Å². The minimum Gasteiger partial charge on any atom is -0.454 e. The van der Waals surface area contributed by atoms with E-state index >= 15 is 0 Å². The predicted octanol–water partition coefficient (Wildman–Crippen LogP) is 2.20. The van der Waals surface area contributed by atoms with Crippen LogP contribution in [0.1, 0.15) is 11.1 Å². The fraction of sp³-hybridized carbons (Fsp3) is 0.368. The van der Waals surface area contributed by atoms with Crippen LogP contribution < -0.4 is 9.47 Å². The maximum Gasteiger partial charge on any atom is 0.231 e. The second-order valence-corrected chi connectivity index (χ2v) is 8.71. The second-order valence-electron chi connectivity index (χ2n) is 6.75. The molecule has 2 aliphatic heterocycles. The first-order valence-electron chi connectivity index (χ1n) is 8.83. The summed E-state index contributed by atoms with van der Waals surface area (Å²) in [6.45, 7) is 3.22.